The van der Waals surface area contributed by atoms with E-state index in [-0.39, 0.29) is 5.97 Å². The van der Waals surface area contributed by atoms with Gasteiger partial charge in [0.2, 0.25) is 0 Å². The largest absolute Gasteiger partial charge is 0.465 e. The van der Waals surface area contributed by atoms with Crippen LogP contribution in [0.3, 0.4) is 0 Å². The van der Waals surface area contributed by atoms with Crippen molar-refractivity contribution in [1.82, 2.24) is 0 Å². The molecule has 0 aliphatic carbocycles. The van der Waals surface area contributed by atoms with E-state index in [0.29, 0.717) is 12.3 Å². The van der Waals surface area contributed by atoms with Gasteiger partial charge in [-0.3, -0.25) is 0 Å². The number of ether oxygens (including phenoxy) is 2. The summed E-state index contributed by atoms with van der Waals surface area (Å²) in [6.07, 6.45) is 0. The molecule has 0 radical (unpaired) electrons. The SMILES string of the molecule is COCNc1cccc(C(=O)OC)c1. The molecule has 1 aromatic rings. The van der Waals surface area contributed by atoms with Crippen molar-refractivity contribution in [3.05, 3.63) is 29.8 Å². The van der Waals surface area contributed by atoms with Gasteiger partial charge in [-0.05, 0) is 18.2 Å². The van der Waals surface area contributed by atoms with Crippen molar-refractivity contribution in [1.29, 1.82) is 0 Å². The summed E-state index contributed by atoms with van der Waals surface area (Å²) in [5.41, 5.74) is 1.35. The van der Waals surface area contributed by atoms with Crippen LogP contribution in [-0.4, -0.2) is 26.9 Å². The highest BCUT2D eigenvalue weighted by atomic mass is 16.5. The molecular weight excluding hydrogens is 182 g/mol. The molecule has 1 N–H and O–H groups in total. The number of anilines is 1. The van der Waals surface area contributed by atoms with Crippen LogP contribution in [0, 0.1) is 0 Å². The van der Waals surface area contributed by atoms with Crippen LogP contribution in [0.25, 0.3) is 0 Å². The highest BCUT2D eigenvalue weighted by Gasteiger charge is 2.04. The Hall–Kier alpha value is -1.55. The maximum Gasteiger partial charge on any atom is 0.337 e. The summed E-state index contributed by atoms with van der Waals surface area (Å²) < 4.78 is 9.44. The van der Waals surface area contributed by atoms with Crippen LogP contribution in [0.15, 0.2) is 24.3 Å². The van der Waals surface area contributed by atoms with Gasteiger partial charge in [-0.25, -0.2) is 4.79 Å². The number of nitrogens with one attached hydrogen (secondary N) is 1. The molecule has 0 aliphatic heterocycles. The van der Waals surface area contributed by atoms with E-state index < -0.39 is 0 Å². The number of esters is 1. The van der Waals surface area contributed by atoms with Crippen LogP contribution in [0.4, 0.5) is 5.69 Å². The minimum Gasteiger partial charge on any atom is -0.465 e. The Morgan fingerprint density at radius 2 is 2.21 bits per heavy atom. The monoisotopic (exact) mass is 195 g/mol. The van der Waals surface area contributed by atoms with E-state index in [1.54, 1.807) is 25.3 Å². The summed E-state index contributed by atoms with van der Waals surface area (Å²) in [6.45, 7) is 0.407. The fraction of sp³-hybridized carbons (Fsp3) is 0.300. The topological polar surface area (TPSA) is 47.6 Å². The van der Waals surface area contributed by atoms with E-state index in [0.717, 1.165) is 5.69 Å². The normalized spacial score (nSPS) is 9.57. The second-order valence-electron chi connectivity index (χ2n) is 2.68. The van der Waals surface area contributed by atoms with Crippen molar-refractivity contribution >= 4 is 11.7 Å². The molecule has 0 saturated heterocycles. The van der Waals surface area contributed by atoms with Gasteiger partial charge < -0.3 is 14.8 Å². The lowest BCUT2D eigenvalue weighted by atomic mass is 10.2. The van der Waals surface area contributed by atoms with Crippen molar-refractivity contribution < 1.29 is 14.3 Å². The molecule has 0 aliphatic rings. The van der Waals surface area contributed by atoms with E-state index in [1.807, 2.05) is 6.07 Å². The molecule has 0 atom stereocenters. The van der Waals surface area contributed by atoms with E-state index in [9.17, 15) is 4.79 Å². The van der Waals surface area contributed by atoms with Crippen molar-refractivity contribution in [2.45, 2.75) is 0 Å². The average molecular weight is 195 g/mol. The summed E-state index contributed by atoms with van der Waals surface area (Å²) in [5, 5.41) is 2.98. The van der Waals surface area contributed by atoms with E-state index in [2.05, 4.69) is 10.1 Å². The lowest BCUT2D eigenvalue weighted by Crippen LogP contribution is -2.05. The maximum absolute atomic E-state index is 11.2. The molecule has 0 spiro atoms. The number of methoxy groups -OCH3 is 2. The molecule has 4 heteroatoms. The van der Waals surface area contributed by atoms with Crippen molar-refractivity contribution in [3.8, 4) is 0 Å². The molecule has 0 unspecified atom stereocenters. The standard InChI is InChI=1S/C10H13NO3/c1-13-7-11-9-5-3-4-8(6-9)10(12)14-2/h3-6,11H,7H2,1-2H3. The first-order valence-electron chi connectivity index (χ1n) is 4.19. The zero-order chi connectivity index (χ0) is 10.4. The Bertz CT molecular complexity index is 312. The van der Waals surface area contributed by atoms with Crippen LogP contribution in [0.1, 0.15) is 10.4 Å². The van der Waals surface area contributed by atoms with Crippen molar-refractivity contribution in [2.75, 3.05) is 26.3 Å². The minimum atomic E-state index is -0.342. The summed E-state index contributed by atoms with van der Waals surface area (Å²) in [6, 6.07) is 7.05. The number of carbonyl (C=O) groups is 1. The van der Waals surface area contributed by atoms with Gasteiger partial charge in [-0.2, -0.15) is 0 Å². The predicted octanol–water partition coefficient (Wildman–Crippen LogP) is 1.49. The summed E-state index contributed by atoms with van der Waals surface area (Å²) in [7, 11) is 2.95. The first-order valence-corrected chi connectivity index (χ1v) is 4.19. The molecule has 76 valence electrons. The highest BCUT2D eigenvalue weighted by Crippen LogP contribution is 2.10. The third kappa shape index (κ3) is 2.74. The Morgan fingerprint density at radius 1 is 1.43 bits per heavy atom. The first kappa shape index (κ1) is 10.5. The molecule has 0 fully saturated rings. The van der Waals surface area contributed by atoms with Crippen molar-refractivity contribution in [3.63, 3.8) is 0 Å². The fourth-order valence-corrected chi connectivity index (χ4v) is 1.03. The molecular formula is C10H13NO3. The number of rotatable bonds is 4. The fourth-order valence-electron chi connectivity index (χ4n) is 1.03. The Balaban J connectivity index is 2.73. The van der Waals surface area contributed by atoms with Gasteiger partial charge >= 0.3 is 5.97 Å². The first-order chi connectivity index (χ1) is 6.77. The van der Waals surface area contributed by atoms with E-state index in [4.69, 9.17) is 4.74 Å². The van der Waals surface area contributed by atoms with Gasteiger partial charge in [-0.15, -0.1) is 0 Å². The number of benzene rings is 1. The van der Waals surface area contributed by atoms with Crippen molar-refractivity contribution in [2.24, 2.45) is 0 Å². The summed E-state index contributed by atoms with van der Waals surface area (Å²) >= 11 is 0. The molecule has 0 heterocycles. The molecule has 1 rings (SSSR count). The highest BCUT2D eigenvalue weighted by molar-refractivity contribution is 5.90. The third-order valence-corrected chi connectivity index (χ3v) is 1.70. The summed E-state index contributed by atoms with van der Waals surface area (Å²) in [5.74, 6) is -0.342. The zero-order valence-corrected chi connectivity index (χ0v) is 8.24. The summed E-state index contributed by atoms with van der Waals surface area (Å²) in [4.78, 5) is 11.2. The molecule has 0 aromatic heterocycles. The Labute approximate surface area is 82.8 Å². The second-order valence-corrected chi connectivity index (χ2v) is 2.68. The molecule has 0 bridgehead atoms. The van der Waals surface area contributed by atoms with Gasteiger partial charge in [-0.1, -0.05) is 6.07 Å². The zero-order valence-electron chi connectivity index (χ0n) is 8.24. The predicted molar refractivity (Wildman–Crippen MR) is 53.3 cm³/mol. The molecule has 4 nitrogen and oxygen atoms in total. The smallest absolute Gasteiger partial charge is 0.337 e. The van der Waals surface area contributed by atoms with Gasteiger partial charge in [0.1, 0.15) is 6.73 Å². The maximum atomic E-state index is 11.2. The quantitative estimate of drug-likeness (QED) is 0.584. The molecule has 0 saturated carbocycles. The Morgan fingerprint density at radius 3 is 2.86 bits per heavy atom. The van der Waals surface area contributed by atoms with Crippen LogP contribution in [0.5, 0.6) is 0 Å². The Kier molecular flexibility index (Phi) is 3.94. The van der Waals surface area contributed by atoms with Gasteiger partial charge in [0.15, 0.2) is 0 Å². The molecule has 1 aromatic carbocycles. The van der Waals surface area contributed by atoms with Gasteiger partial charge in [0.25, 0.3) is 0 Å². The molecule has 14 heavy (non-hydrogen) atoms. The lowest BCUT2D eigenvalue weighted by molar-refractivity contribution is 0.0601. The average Bonchev–Trinajstić information content (AvgIpc) is 2.25. The third-order valence-electron chi connectivity index (χ3n) is 1.70. The number of hydrogen-bond donors (Lipinski definition) is 1. The second kappa shape index (κ2) is 5.24. The number of carbonyl (C=O) groups excluding carboxylic acids is 1. The lowest BCUT2D eigenvalue weighted by Gasteiger charge is -2.05. The van der Waals surface area contributed by atoms with E-state index >= 15 is 0 Å². The van der Waals surface area contributed by atoms with Crippen LogP contribution >= 0.6 is 0 Å². The molecule has 0 amide bonds. The van der Waals surface area contributed by atoms with E-state index in [1.165, 1.54) is 7.11 Å². The van der Waals surface area contributed by atoms with Crippen LogP contribution in [0.2, 0.25) is 0 Å². The van der Waals surface area contributed by atoms with Crippen LogP contribution in [-0.2, 0) is 9.47 Å². The van der Waals surface area contributed by atoms with Gasteiger partial charge in [0, 0.05) is 12.8 Å². The van der Waals surface area contributed by atoms with Gasteiger partial charge in [0.05, 0.1) is 12.7 Å². The van der Waals surface area contributed by atoms with Crippen LogP contribution < -0.4 is 5.32 Å². The minimum absolute atomic E-state index is 0.342. The number of hydrogen-bond acceptors (Lipinski definition) is 4.